The molecule has 2 heterocycles. The van der Waals surface area contributed by atoms with Crippen LogP contribution in [0.3, 0.4) is 0 Å². The summed E-state index contributed by atoms with van der Waals surface area (Å²) in [6.45, 7) is 6.47. The fraction of sp³-hybridized carbons (Fsp3) is 0.241. The number of pyridine rings is 1. The van der Waals surface area contributed by atoms with Crippen LogP contribution in [0.25, 0.3) is 10.9 Å². The second-order valence-corrected chi connectivity index (χ2v) is 11.6. The van der Waals surface area contributed by atoms with Gasteiger partial charge in [-0.25, -0.2) is 9.78 Å². The second kappa shape index (κ2) is 12.1. The van der Waals surface area contributed by atoms with Crippen molar-refractivity contribution in [1.29, 1.82) is 0 Å². The fourth-order valence-electron chi connectivity index (χ4n) is 3.97. The molecule has 0 aliphatic rings. The Bertz CT molecular complexity index is 1680. The molecule has 0 aliphatic heterocycles. The summed E-state index contributed by atoms with van der Waals surface area (Å²) in [5, 5.41) is 5.39. The normalized spacial score (nSPS) is 11.8. The van der Waals surface area contributed by atoms with E-state index in [9.17, 15) is 27.6 Å². The van der Waals surface area contributed by atoms with Crippen LogP contribution in [0, 0.1) is 0 Å². The number of benzene rings is 2. The number of carbonyl (C=O) groups excluding carboxylic acids is 3. The van der Waals surface area contributed by atoms with Crippen LogP contribution in [0.2, 0.25) is 5.02 Å². The van der Waals surface area contributed by atoms with E-state index in [2.05, 4.69) is 15.6 Å². The zero-order valence-corrected chi connectivity index (χ0v) is 24.5. The van der Waals surface area contributed by atoms with Crippen LogP contribution in [0.1, 0.15) is 49.2 Å². The minimum Gasteiger partial charge on any atom is -0.443 e. The zero-order valence-electron chi connectivity index (χ0n) is 22.9. The molecule has 2 N–H and O–H groups in total. The molecule has 0 saturated carbocycles. The quantitative estimate of drug-likeness (QED) is 0.212. The Balaban J connectivity index is 1.76. The van der Waals surface area contributed by atoms with Crippen molar-refractivity contribution in [2.24, 2.45) is 0 Å². The van der Waals surface area contributed by atoms with Crippen LogP contribution >= 0.6 is 23.4 Å². The molecule has 0 saturated heterocycles. The molecule has 0 fully saturated rings. The summed E-state index contributed by atoms with van der Waals surface area (Å²) in [5.74, 6) is -0.245. The number of aromatic nitrogens is 2. The lowest BCUT2D eigenvalue weighted by Gasteiger charge is -2.19. The number of halogens is 4. The first-order valence-electron chi connectivity index (χ1n) is 12.5. The van der Waals surface area contributed by atoms with Crippen LogP contribution in [0.5, 0.6) is 0 Å². The van der Waals surface area contributed by atoms with Crippen LogP contribution in [-0.4, -0.2) is 33.1 Å². The molecule has 220 valence electrons. The number of rotatable bonds is 6. The lowest BCUT2D eigenvalue weighted by molar-refractivity contribution is -0.137. The van der Waals surface area contributed by atoms with Crippen LogP contribution in [0.4, 0.5) is 29.5 Å². The molecule has 0 bridgehead atoms. The van der Waals surface area contributed by atoms with E-state index in [1.165, 1.54) is 29.4 Å². The zero-order chi connectivity index (χ0) is 30.8. The van der Waals surface area contributed by atoms with E-state index in [4.69, 9.17) is 16.3 Å². The topological polar surface area (TPSA) is 102 Å². The fourth-order valence-corrected chi connectivity index (χ4v) is 5.17. The van der Waals surface area contributed by atoms with E-state index in [1.807, 2.05) is 0 Å². The van der Waals surface area contributed by atoms with Gasteiger partial charge in [0, 0.05) is 35.4 Å². The minimum absolute atomic E-state index is 0.0288. The Hall–Kier alpha value is -4.03. The molecule has 0 spiro atoms. The number of amides is 2. The Morgan fingerprint density at radius 2 is 1.79 bits per heavy atom. The molecule has 0 unspecified atom stereocenters. The molecule has 0 aliphatic carbocycles. The number of fused-ring (bicyclic) bond motifs is 1. The minimum atomic E-state index is -4.65. The van der Waals surface area contributed by atoms with Crippen LogP contribution in [-0.2, 0) is 21.5 Å². The summed E-state index contributed by atoms with van der Waals surface area (Å²) >= 11 is 7.48. The SMILES string of the molecule is CC(=O)Nc1cc(CSc2cccc3c2c(C(=O)Nc2cc(C(F)(F)F)ccc2Cl)cn3C(=O)OC(C)(C)C)ccn1. The van der Waals surface area contributed by atoms with Crippen molar-refractivity contribution in [3.63, 3.8) is 0 Å². The van der Waals surface area contributed by atoms with Gasteiger partial charge in [0.1, 0.15) is 11.4 Å². The van der Waals surface area contributed by atoms with E-state index in [1.54, 1.807) is 57.3 Å². The number of nitrogens with one attached hydrogen (secondary N) is 2. The van der Waals surface area contributed by atoms with Crippen molar-refractivity contribution in [2.45, 2.75) is 50.1 Å². The number of hydrogen-bond acceptors (Lipinski definition) is 6. The maximum Gasteiger partial charge on any atom is 0.419 e. The summed E-state index contributed by atoms with van der Waals surface area (Å²) in [6, 6.07) is 11.2. The van der Waals surface area contributed by atoms with E-state index >= 15 is 0 Å². The number of nitrogens with zero attached hydrogens (tertiary/aromatic N) is 2. The average Bonchev–Trinajstić information content (AvgIpc) is 3.28. The van der Waals surface area contributed by atoms with Gasteiger partial charge in [0.05, 0.1) is 27.4 Å². The van der Waals surface area contributed by atoms with Gasteiger partial charge in [-0.05, 0) is 68.8 Å². The van der Waals surface area contributed by atoms with Gasteiger partial charge < -0.3 is 15.4 Å². The Morgan fingerprint density at radius 3 is 2.45 bits per heavy atom. The molecular weight excluding hydrogens is 593 g/mol. The third-order valence-electron chi connectivity index (χ3n) is 5.69. The predicted octanol–water partition coefficient (Wildman–Crippen LogP) is 7.99. The number of ether oxygens (including phenoxy) is 1. The van der Waals surface area contributed by atoms with Gasteiger partial charge in [-0.3, -0.25) is 14.2 Å². The summed E-state index contributed by atoms with van der Waals surface area (Å²) < 4.78 is 46.7. The van der Waals surface area contributed by atoms with Crippen molar-refractivity contribution in [1.82, 2.24) is 9.55 Å². The van der Waals surface area contributed by atoms with Gasteiger partial charge in [0.2, 0.25) is 5.91 Å². The molecule has 13 heteroatoms. The first-order valence-corrected chi connectivity index (χ1v) is 13.9. The first kappa shape index (κ1) is 30.9. The molecule has 2 aromatic carbocycles. The van der Waals surface area contributed by atoms with E-state index in [-0.39, 0.29) is 22.2 Å². The van der Waals surface area contributed by atoms with E-state index in [0.29, 0.717) is 27.4 Å². The molecule has 0 radical (unpaired) electrons. The van der Waals surface area contributed by atoms with Crippen LogP contribution in [0.15, 0.2) is 65.8 Å². The Labute approximate surface area is 248 Å². The molecule has 4 rings (SSSR count). The summed E-state index contributed by atoms with van der Waals surface area (Å²) in [7, 11) is 0. The summed E-state index contributed by atoms with van der Waals surface area (Å²) in [4.78, 5) is 42.8. The lowest BCUT2D eigenvalue weighted by atomic mass is 10.1. The summed E-state index contributed by atoms with van der Waals surface area (Å²) in [6.07, 6.45) is -2.54. The van der Waals surface area contributed by atoms with Gasteiger partial charge in [0.25, 0.3) is 5.91 Å². The smallest absolute Gasteiger partial charge is 0.419 e. The van der Waals surface area contributed by atoms with Gasteiger partial charge in [-0.2, -0.15) is 13.2 Å². The largest absolute Gasteiger partial charge is 0.443 e. The van der Waals surface area contributed by atoms with E-state index in [0.717, 1.165) is 23.8 Å². The number of anilines is 2. The first-order chi connectivity index (χ1) is 19.6. The highest BCUT2D eigenvalue weighted by atomic mass is 35.5. The molecule has 4 aromatic rings. The highest BCUT2D eigenvalue weighted by molar-refractivity contribution is 7.98. The highest BCUT2D eigenvalue weighted by Crippen LogP contribution is 2.37. The van der Waals surface area contributed by atoms with Crippen molar-refractivity contribution in [2.75, 3.05) is 10.6 Å². The summed E-state index contributed by atoms with van der Waals surface area (Å²) in [5.41, 5.74) is -0.831. The second-order valence-electron chi connectivity index (χ2n) is 10.2. The molecule has 8 nitrogen and oxygen atoms in total. The van der Waals surface area contributed by atoms with Crippen molar-refractivity contribution >= 4 is 63.7 Å². The maximum absolute atomic E-state index is 13.6. The number of alkyl halides is 3. The Morgan fingerprint density at radius 1 is 1.05 bits per heavy atom. The average molecular weight is 619 g/mol. The van der Waals surface area contributed by atoms with Crippen molar-refractivity contribution in [3.05, 3.63) is 82.6 Å². The third kappa shape index (κ3) is 7.42. The van der Waals surface area contributed by atoms with Crippen molar-refractivity contribution in [3.8, 4) is 0 Å². The predicted molar refractivity (Wildman–Crippen MR) is 156 cm³/mol. The van der Waals surface area contributed by atoms with Gasteiger partial charge in [-0.15, -0.1) is 11.8 Å². The van der Waals surface area contributed by atoms with E-state index < -0.39 is 29.3 Å². The lowest BCUT2D eigenvalue weighted by Crippen LogP contribution is -2.26. The molecule has 0 atom stereocenters. The highest BCUT2D eigenvalue weighted by Gasteiger charge is 2.31. The monoisotopic (exact) mass is 618 g/mol. The number of hydrogen-bond donors (Lipinski definition) is 2. The Kier molecular flexibility index (Phi) is 8.88. The molecule has 2 aromatic heterocycles. The molecule has 42 heavy (non-hydrogen) atoms. The molecular formula is C29H26ClF3N4O4S. The maximum atomic E-state index is 13.6. The molecule has 2 amide bonds. The van der Waals surface area contributed by atoms with Gasteiger partial charge >= 0.3 is 12.3 Å². The standard InChI is InChI=1S/C29H26ClF3N4O4S/c1-16(38)35-24-12-17(10-11-34-24)15-42-23-7-5-6-22-25(23)19(14-37(22)27(40)41-28(2,3)4)26(39)36-21-13-18(29(31,32)33)8-9-20(21)30/h5-14H,15H2,1-4H3,(H,36,39)(H,34,35,38). The third-order valence-corrected chi connectivity index (χ3v) is 7.15. The van der Waals surface area contributed by atoms with Crippen molar-refractivity contribution < 1.29 is 32.3 Å². The number of thioether (sulfide) groups is 1. The van der Waals surface area contributed by atoms with Crippen LogP contribution < -0.4 is 10.6 Å². The number of carbonyl (C=O) groups is 3. The van der Waals surface area contributed by atoms with Gasteiger partial charge in [-0.1, -0.05) is 17.7 Å². The van der Waals surface area contributed by atoms with Gasteiger partial charge in [0.15, 0.2) is 0 Å².